The fourth-order valence-corrected chi connectivity index (χ4v) is 1.85. The van der Waals surface area contributed by atoms with Gasteiger partial charge in [-0.15, -0.1) is 0 Å². The van der Waals surface area contributed by atoms with Crippen LogP contribution in [0.1, 0.15) is 11.1 Å². The molecule has 3 N–H and O–H groups in total. The van der Waals surface area contributed by atoms with Gasteiger partial charge in [0, 0.05) is 11.8 Å². The smallest absolute Gasteiger partial charge is 0.193 e. The van der Waals surface area contributed by atoms with Gasteiger partial charge in [-0.2, -0.15) is 0 Å². The summed E-state index contributed by atoms with van der Waals surface area (Å²) in [7, 11) is 1.63. The second-order valence-electron chi connectivity index (χ2n) is 4.48. The Hall–Kier alpha value is -2.49. The molecule has 4 heteroatoms. The highest BCUT2D eigenvalue weighted by molar-refractivity contribution is 5.92. The summed E-state index contributed by atoms with van der Waals surface area (Å²) in [6.45, 7) is 2.63. The first kappa shape index (κ1) is 13.9. The second kappa shape index (κ2) is 6.61. The predicted octanol–water partition coefficient (Wildman–Crippen LogP) is 2.93. The number of aryl methyl sites for hydroxylation is 1. The standard InChI is InChI=1S/C16H19N3O/c1-12-6-3-4-7-13(12)11-18-16(17)19-14-8-5-9-15(10-14)20-2/h3-10H,11H2,1-2H3,(H3,17,18,19). The third kappa shape index (κ3) is 3.75. The Morgan fingerprint density at radius 2 is 2.00 bits per heavy atom. The number of aliphatic imine (C=N–C) groups is 1. The minimum absolute atomic E-state index is 0.390. The van der Waals surface area contributed by atoms with Crippen LogP contribution < -0.4 is 15.8 Å². The molecule has 4 nitrogen and oxygen atoms in total. The average Bonchev–Trinajstić information content (AvgIpc) is 2.46. The van der Waals surface area contributed by atoms with Crippen molar-refractivity contribution in [3.05, 3.63) is 59.7 Å². The summed E-state index contributed by atoms with van der Waals surface area (Å²) in [5.41, 5.74) is 9.13. The Balaban J connectivity index is 2.02. The summed E-state index contributed by atoms with van der Waals surface area (Å²) in [6.07, 6.45) is 0. The first-order valence-corrected chi connectivity index (χ1v) is 6.44. The molecular weight excluding hydrogens is 250 g/mol. The molecule has 0 saturated heterocycles. The minimum Gasteiger partial charge on any atom is -0.497 e. The van der Waals surface area contributed by atoms with Crippen LogP contribution in [-0.4, -0.2) is 13.1 Å². The maximum Gasteiger partial charge on any atom is 0.193 e. The van der Waals surface area contributed by atoms with Crippen LogP contribution in [0, 0.1) is 6.92 Å². The Morgan fingerprint density at radius 3 is 2.75 bits per heavy atom. The predicted molar refractivity (Wildman–Crippen MR) is 83.1 cm³/mol. The van der Waals surface area contributed by atoms with Crippen LogP contribution >= 0.6 is 0 Å². The molecule has 0 aromatic heterocycles. The molecule has 0 heterocycles. The normalized spacial score (nSPS) is 11.2. The molecule has 0 aliphatic heterocycles. The van der Waals surface area contributed by atoms with E-state index in [1.165, 1.54) is 11.1 Å². The van der Waals surface area contributed by atoms with Crippen molar-refractivity contribution in [2.24, 2.45) is 10.7 Å². The van der Waals surface area contributed by atoms with Crippen LogP contribution in [0.3, 0.4) is 0 Å². The summed E-state index contributed by atoms with van der Waals surface area (Å²) in [5, 5.41) is 3.05. The number of methoxy groups -OCH3 is 1. The molecule has 0 radical (unpaired) electrons. The highest BCUT2D eigenvalue weighted by Gasteiger charge is 1.99. The number of anilines is 1. The summed E-state index contributed by atoms with van der Waals surface area (Å²) in [6, 6.07) is 15.7. The molecule has 0 unspecified atom stereocenters. The van der Waals surface area contributed by atoms with Crippen LogP contribution in [0.25, 0.3) is 0 Å². The first-order chi connectivity index (χ1) is 9.69. The van der Waals surface area contributed by atoms with E-state index in [0.717, 1.165) is 11.4 Å². The van der Waals surface area contributed by atoms with Crippen LogP contribution in [0.4, 0.5) is 5.69 Å². The minimum atomic E-state index is 0.390. The monoisotopic (exact) mass is 269 g/mol. The van der Waals surface area contributed by atoms with Crippen LogP contribution in [0.5, 0.6) is 5.75 Å². The number of hydrogen-bond donors (Lipinski definition) is 2. The number of nitrogens with one attached hydrogen (secondary N) is 1. The number of hydrogen-bond acceptors (Lipinski definition) is 2. The van der Waals surface area contributed by atoms with Gasteiger partial charge in [0.15, 0.2) is 5.96 Å². The second-order valence-corrected chi connectivity index (χ2v) is 4.48. The van der Waals surface area contributed by atoms with Crippen LogP contribution in [0.2, 0.25) is 0 Å². The molecule has 2 aromatic carbocycles. The molecule has 0 aliphatic carbocycles. The third-order valence-corrected chi connectivity index (χ3v) is 3.02. The molecule has 0 bridgehead atoms. The lowest BCUT2D eigenvalue weighted by atomic mass is 10.1. The van der Waals surface area contributed by atoms with E-state index in [-0.39, 0.29) is 0 Å². The maximum absolute atomic E-state index is 5.89. The molecule has 104 valence electrons. The van der Waals surface area contributed by atoms with Gasteiger partial charge in [0.25, 0.3) is 0 Å². The lowest BCUT2D eigenvalue weighted by molar-refractivity contribution is 0.415. The quantitative estimate of drug-likeness (QED) is 0.662. The van der Waals surface area contributed by atoms with Gasteiger partial charge in [-0.25, -0.2) is 4.99 Å². The number of rotatable bonds is 4. The zero-order valence-corrected chi connectivity index (χ0v) is 11.8. The van der Waals surface area contributed by atoms with E-state index in [9.17, 15) is 0 Å². The summed E-state index contributed by atoms with van der Waals surface area (Å²) >= 11 is 0. The maximum atomic E-state index is 5.89. The van der Waals surface area contributed by atoms with Crippen molar-refractivity contribution in [3.63, 3.8) is 0 Å². The van der Waals surface area contributed by atoms with E-state index < -0.39 is 0 Å². The van der Waals surface area contributed by atoms with Gasteiger partial charge < -0.3 is 15.8 Å². The molecule has 0 saturated carbocycles. The zero-order valence-electron chi connectivity index (χ0n) is 11.8. The van der Waals surface area contributed by atoms with E-state index in [0.29, 0.717) is 12.5 Å². The highest BCUT2D eigenvalue weighted by Crippen LogP contribution is 2.16. The summed E-state index contributed by atoms with van der Waals surface area (Å²) in [4.78, 5) is 4.35. The summed E-state index contributed by atoms with van der Waals surface area (Å²) in [5.74, 6) is 1.17. The van der Waals surface area contributed by atoms with E-state index in [1.54, 1.807) is 7.11 Å². The van der Waals surface area contributed by atoms with Gasteiger partial charge in [-0.3, -0.25) is 0 Å². The van der Waals surface area contributed by atoms with Crippen molar-refractivity contribution in [1.82, 2.24) is 0 Å². The van der Waals surface area contributed by atoms with Gasteiger partial charge in [0.1, 0.15) is 5.75 Å². The molecule has 0 fully saturated rings. The molecule has 20 heavy (non-hydrogen) atoms. The van der Waals surface area contributed by atoms with Gasteiger partial charge in [-0.05, 0) is 30.2 Å². The number of nitrogens with two attached hydrogens (primary N) is 1. The fourth-order valence-electron chi connectivity index (χ4n) is 1.85. The van der Waals surface area contributed by atoms with Crippen molar-refractivity contribution < 1.29 is 4.74 Å². The third-order valence-electron chi connectivity index (χ3n) is 3.02. The molecule has 0 aliphatic rings. The van der Waals surface area contributed by atoms with Gasteiger partial charge in [0.05, 0.1) is 13.7 Å². The van der Waals surface area contributed by atoms with Crippen molar-refractivity contribution in [2.75, 3.05) is 12.4 Å². The lowest BCUT2D eigenvalue weighted by Crippen LogP contribution is -2.22. The van der Waals surface area contributed by atoms with E-state index in [2.05, 4.69) is 29.4 Å². The van der Waals surface area contributed by atoms with Crippen LogP contribution in [0.15, 0.2) is 53.5 Å². The van der Waals surface area contributed by atoms with Crippen molar-refractivity contribution in [1.29, 1.82) is 0 Å². The first-order valence-electron chi connectivity index (χ1n) is 6.44. The molecular formula is C16H19N3O. The van der Waals surface area contributed by atoms with Gasteiger partial charge in [0.2, 0.25) is 0 Å². The zero-order chi connectivity index (χ0) is 14.4. The van der Waals surface area contributed by atoms with Crippen molar-refractivity contribution >= 4 is 11.6 Å². The van der Waals surface area contributed by atoms with E-state index >= 15 is 0 Å². The largest absolute Gasteiger partial charge is 0.497 e. The Labute approximate surface area is 119 Å². The summed E-state index contributed by atoms with van der Waals surface area (Å²) < 4.78 is 5.16. The molecule has 0 spiro atoms. The van der Waals surface area contributed by atoms with Gasteiger partial charge in [-0.1, -0.05) is 30.3 Å². The molecule has 0 amide bonds. The van der Waals surface area contributed by atoms with Crippen molar-refractivity contribution in [3.8, 4) is 5.75 Å². The van der Waals surface area contributed by atoms with E-state index in [1.807, 2.05) is 36.4 Å². The van der Waals surface area contributed by atoms with E-state index in [4.69, 9.17) is 10.5 Å². The SMILES string of the molecule is COc1cccc(NC(N)=NCc2ccccc2C)c1. The highest BCUT2D eigenvalue weighted by atomic mass is 16.5. The Morgan fingerprint density at radius 1 is 1.20 bits per heavy atom. The number of ether oxygens (including phenoxy) is 1. The molecule has 2 aromatic rings. The number of benzene rings is 2. The average molecular weight is 269 g/mol. The van der Waals surface area contributed by atoms with Crippen LogP contribution in [-0.2, 0) is 6.54 Å². The topological polar surface area (TPSA) is 59.6 Å². The molecule has 2 rings (SSSR count). The van der Waals surface area contributed by atoms with Gasteiger partial charge >= 0.3 is 0 Å². The number of guanidine groups is 1. The Bertz CT molecular complexity index is 608. The molecule has 0 atom stereocenters. The van der Waals surface area contributed by atoms with Crippen molar-refractivity contribution in [2.45, 2.75) is 13.5 Å². The fraction of sp³-hybridized carbons (Fsp3) is 0.188. The Kier molecular flexibility index (Phi) is 4.60. The lowest BCUT2D eigenvalue weighted by Gasteiger charge is -2.08. The number of nitrogens with zero attached hydrogens (tertiary/aromatic N) is 1.